The number of hydrogen-bond acceptors (Lipinski definition) is 3. The van der Waals surface area contributed by atoms with Crippen molar-refractivity contribution in [1.29, 1.82) is 0 Å². The van der Waals surface area contributed by atoms with Gasteiger partial charge in [0.25, 0.3) is 0 Å². The highest BCUT2D eigenvalue weighted by Crippen LogP contribution is 1.99. The predicted molar refractivity (Wildman–Crippen MR) is 68.5 cm³/mol. The van der Waals surface area contributed by atoms with Crippen molar-refractivity contribution in [2.75, 3.05) is 27.2 Å². The molecule has 0 heterocycles. The Labute approximate surface area is 99.8 Å². The van der Waals surface area contributed by atoms with Crippen molar-refractivity contribution in [2.24, 2.45) is 0 Å². The molecule has 0 bridgehead atoms. The Morgan fingerprint density at radius 2 is 1.88 bits per heavy atom. The van der Waals surface area contributed by atoms with E-state index in [1.807, 2.05) is 27.7 Å². The fraction of sp³-hybridized carbons (Fsp3) is 0.917. The molecule has 0 aromatic carbocycles. The minimum atomic E-state index is -0.156. The first-order chi connectivity index (χ1) is 7.22. The molecule has 0 rings (SSSR count). The fourth-order valence-electron chi connectivity index (χ4n) is 1.28. The van der Waals surface area contributed by atoms with Crippen LogP contribution in [0.25, 0.3) is 0 Å². The van der Waals surface area contributed by atoms with Crippen LogP contribution in [0.15, 0.2) is 0 Å². The molecule has 0 aliphatic carbocycles. The molecule has 1 atom stereocenters. The lowest BCUT2D eigenvalue weighted by molar-refractivity contribution is -0.124. The summed E-state index contributed by atoms with van der Waals surface area (Å²) < 4.78 is 0. The molecule has 2 N–H and O–H groups in total. The van der Waals surface area contributed by atoms with Gasteiger partial charge in [0, 0.05) is 5.54 Å². The first-order valence-electron chi connectivity index (χ1n) is 5.92. The summed E-state index contributed by atoms with van der Waals surface area (Å²) in [6.07, 6.45) is 1.06. The van der Waals surface area contributed by atoms with E-state index in [0.717, 1.165) is 19.5 Å². The molecule has 4 nitrogen and oxygen atoms in total. The third-order valence-corrected chi connectivity index (χ3v) is 2.12. The molecule has 0 spiro atoms. The molecule has 1 amide bonds. The van der Waals surface area contributed by atoms with Crippen molar-refractivity contribution in [3.8, 4) is 0 Å². The Kier molecular flexibility index (Phi) is 6.60. The van der Waals surface area contributed by atoms with Crippen molar-refractivity contribution in [1.82, 2.24) is 15.5 Å². The van der Waals surface area contributed by atoms with Gasteiger partial charge in [0.2, 0.25) is 5.91 Å². The van der Waals surface area contributed by atoms with Gasteiger partial charge in [0.1, 0.15) is 0 Å². The van der Waals surface area contributed by atoms with E-state index in [1.54, 1.807) is 0 Å². The SMILES string of the molecule is CC(NCCCN(C)C)C(=O)NC(C)(C)C. The zero-order valence-corrected chi connectivity index (χ0v) is 11.6. The number of carbonyl (C=O) groups excluding carboxylic acids is 1. The Bertz CT molecular complexity index is 209. The maximum Gasteiger partial charge on any atom is 0.237 e. The molecule has 0 fully saturated rings. The van der Waals surface area contributed by atoms with Crippen molar-refractivity contribution in [3.63, 3.8) is 0 Å². The highest BCUT2D eigenvalue weighted by atomic mass is 16.2. The van der Waals surface area contributed by atoms with Crippen molar-refractivity contribution < 1.29 is 4.79 Å². The third kappa shape index (κ3) is 8.68. The quantitative estimate of drug-likeness (QED) is 0.663. The number of rotatable bonds is 6. The Morgan fingerprint density at radius 1 is 1.31 bits per heavy atom. The fourth-order valence-corrected chi connectivity index (χ4v) is 1.28. The first kappa shape index (κ1) is 15.4. The van der Waals surface area contributed by atoms with E-state index >= 15 is 0 Å². The van der Waals surface area contributed by atoms with Crippen LogP contribution in [-0.4, -0.2) is 49.6 Å². The van der Waals surface area contributed by atoms with Crippen LogP contribution in [0.4, 0.5) is 0 Å². The van der Waals surface area contributed by atoms with Gasteiger partial charge in [-0.1, -0.05) is 0 Å². The van der Waals surface area contributed by atoms with Crippen LogP contribution < -0.4 is 10.6 Å². The second kappa shape index (κ2) is 6.86. The summed E-state index contributed by atoms with van der Waals surface area (Å²) in [4.78, 5) is 13.8. The molecule has 0 aliphatic heterocycles. The van der Waals surface area contributed by atoms with E-state index in [0.29, 0.717) is 0 Å². The Morgan fingerprint density at radius 3 is 2.31 bits per heavy atom. The summed E-state index contributed by atoms with van der Waals surface area (Å²) in [6, 6.07) is -0.124. The van der Waals surface area contributed by atoms with E-state index in [2.05, 4.69) is 29.6 Å². The van der Waals surface area contributed by atoms with Gasteiger partial charge in [0.15, 0.2) is 0 Å². The molecular formula is C12H27N3O. The molecule has 0 aromatic rings. The summed E-state index contributed by atoms with van der Waals surface area (Å²) in [5.41, 5.74) is -0.156. The maximum atomic E-state index is 11.7. The van der Waals surface area contributed by atoms with Crippen LogP contribution in [0.3, 0.4) is 0 Å². The van der Waals surface area contributed by atoms with E-state index in [-0.39, 0.29) is 17.5 Å². The lowest BCUT2D eigenvalue weighted by atomic mass is 10.1. The molecule has 0 saturated heterocycles. The van der Waals surface area contributed by atoms with Gasteiger partial charge < -0.3 is 15.5 Å². The van der Waals surface area contributed by atoms with Crippen LogP contribution in [0.2, 0.25) is 0 Å². The summed E-state index contributed by atoms with van der Waals surface area (Å²) in [5, 5.41) is 6.18. The first-order valence-corrected chi connectivity index (χ1v) is 5.92. The Balaban J connectivity index is 3.72. The molecule has 0 saturated carbocycles. The van der Waals surface area contributed by atoms with E-state index < -0.39 is 0 Å². The van der Waals surface area contributed by atoms with Crippen LogP contribution in [-0.2, 0) is 4.79 Å². The summed E-state index contributed by atoms with van der Waals surface area (Å²) in [5.74, 6) is 0.0670. The predicted octanol–water partition coefficient (Wildman–Crippen LogP) is 0.831. The van der Waals surface area contributed by atoms with Gasteiger partial charge in [-0.15, -0.1) is 0 Å². The minimum absolute atomic E-state index is 0.0670. The molecule has 0 aromatic heterocycles. The van der Waals surface area contributed by atoms with E-state index in [9.17, 15) is 4.79 Å². The van der Waals surface area contributed by atoms with Crippen molar-refractivity contribution >= 4 is 5.91 Å². The van der Waals surface area contributed by atoms with Gasteiger partial charge in [-0.2, -0.15) is 0 Å². The lowest BCUT2D eigenvalue weighted by Crippen LogP contribution is -2.49. The second-order valence-electron chi connectivity index (χ2n) is 5.57. The van der Waals surface area contributed by atoms with Gasteiger partial charge in [-0.05, 0) is 61.3 Å². The molecule has 16 heavy (non-hydrogen) atoms. The molecule has 96 valence electrons. The highest BCUT2D eigenvalue weighted by molar-refractivity contribution is 5.81. The van der Waals surface area contributed by atoms with Crippen molar-refractivity contribution in [2.45, 2.75) is 45.7 Å². The summed E-state index contributed by atoms with van der Waals surface area (Å²) >= 11 is 0. The van der Waals surface area contributed by atoms with Gasteiger partial charge in [0.05, 0.1) is 6.04 Å². The zero-order valence-electron chi connectivity index (χ0n) is 11.6. The zero-order chi connectivity index (χ0) is 12.8. The third-order valence-electron chi connectivity index (χ3n) is 2.12. The number of hydrogen-bond donors (Lipinski definition) is 2. The van der Waals surface area contributed by atoms with Crippen LogP contribution in [0.5, 0.6) is 0 Å². The van der Waals surface area contributed by atoms with Gasteiger partial charge in [-0.3, -0.25) is 4.79 Å². The lowest BCUT2D eigenvalue weighted by Gasteiger charge is -2.23. The molecule has 0 aliphatic rings. The monoisotopic (exact) mass is 229 g/mol. The largest absolute Gasteiger partial charge is 0.350 e. The van der Waals surface area contributed by atoms with Crippen LogP contribution in [0.1, 0.15) is 34.1 Å². The number of nitrogens with zero attached hydrogens (tertiary/aromatic N) is 1. The summed E-state index contributed by atoms with van der Waals surface area (Å²) in [6.45, 7) is 9.78. The Hall–Kier alpha value is -0.610. The molecule has 1 unspecified atom stereocenters. The molecule has 4 heteroatoms. The summed E-state index contributed by atoms with van der Waals surface area (Å²) in [7, 11) is 4.10. The number of nitrogens with one attached hydrogen (secondary N) is 2. The van der Waals surface area contributed by atoms with Crippen molar-refractivity contribution in [3.05, 3.63) is 0 Å². The maximum absolute atomic E-state index is 11.7. The van der Waals surface area contributed by atoms with Gasteiger partial charge in [-0.25, -0.2) is 0 Å². The second-order valence-corrected chi connectivity index (χ2v) is 5.57. The highest BCUT2D eigenvalue weighted by Gasteiger charge is 2.18. The number of carbonyl (C=O) groups is 1. The van der Waals surface area contributed by atoms with Crippen LogP contribution >= 0.6 is 0 Å². The molecular weight excluding hydrogens is 202 g/mol. The average Bonchev–Trinajstić information content (AvgIpc) is 2.08. The van der Waals surface area contributed by atoms with E-state index in [4.69, 9.17) is 0 Å². The minimum Gasteiger partial charge on any atom is -0.350 e. The smallest absolute Gasteiger partial charge is 0.237 e. The number of amides is 1. The standard InChI is InChI=1S/C12H27N3O/c1-10(11(16)14-12(2,3)4)13-8-7-9-15(5)6/h10,13H,7-9H2,1-6H3,(H,14,16). The molecule has 0 radical (unpaired) electrons. The van der Waals surface area contributed by atoms with Crippen LogP contribution in [0, 0.1) is 0 Å². The van der Waals surface area contributed by atoms with Gasteiger partial charge >= 0.3 is 0 Å². The van der Waals surface area contributed by atoms with E-state index in [1.165, 1.54) is 0 Å². The topological polar surface area (TPSA) is 44.4 Å². The average molecular weight is 229 g/mol. The normalized spacial score (nSPS) is 13.9.